The molecule has 1 aromatic heterocycles. The lowest BCUT2D eigenvalue weighted by Crippen LogP contribution is -2.48. The number of hydrogen-bond donors (Lipinski definition) is 2. The highest BCUT2D eigenvalue weighted by atomic mass is 35.5. The molecule has 2 aromatic carbocycles. The molecule has 1 unspecified atom stereocenters. The predicted octanol–water partition coefficient (Wildman–Crippen LogP) is 8.72. The Balaban J connectivity index is 1.18. The van der Waals surface area contributed by atoms with Gasteiger partial charge in [-0.15, -0.1) is 0 Å². The molecule has 3 aromatic rings. The van der Waals surface area contributed by atoms with Gasteiger partial charge >= 0.3 is 5.97 Å². The number of nitrogens with zero attached hydrogens (tertiary/aromatic N) is 1. The largest absolute Gasteiger partial charge is 0.489 e. The number of rotatable bonds is 8. The first kappa shape index (κ1) is 28.4. The molecule has 0 aliphatic heterocycles. The van der Waals surface area contributed by atoms with Gasteiger partial charge < -0.3 is 19.5 Å². The van der Waals surface area contributed by atoms with Gasteiger partial charge in [0.05, 0.1) is 26.2 Å². The monoisotopic (exact) mass is 613 g/mol. The number of carbonyl (C=O) groups is 1. The van der Waals surface area contributed by atoms with E-state index in [9.17, 15) is 15.0 Å². The standard InChI is InChI=1S/C32H30Cl3NO5/c1-17-10-19(30(37)38)13-31(2,12-17)20-14-32(39,15-20)23-9-8-21(11-26(23)35)40-16-22-28(36-41-29(22)18-6-7-18)27-24(33)4-3-5-25(27)34/h3-5,8-12,18,20,39H,6-7,13-16H2,1-2H3,(H,37,38)/t20-,31?,32+. The van der Waals surface area contributed by atoms with Crippen molar-refractivity contribution in [2.75, 3.05) is 0 Å². The lowest BCUT2D eigenvalue weighted by molar-refractivity contribution is -0.134. The third-order valence-electron chi connectivity index (χ3n) is 8.70. The minimum absolute atomic E-state index is 0.127. The zero-order valence-electron chi connectivity index (χ0n) is 22.7. The Bertz CT molecular complexity index is 1580. The zero-order chi connectivity index (χ0) is 29.1. The molecule has 41 heavy (non-hydrogen) atoms. The smallest absolute Gasteiger partial charge is 0.331 e. The van der Waals surface area contributed by atoms with Gasteiger partial charge in [-0.25, -0.2) is 4.79 Å². The Hall–Kier alpha value is -2.77. The van der Waals surface area contributed by atoms with Crippen molar-refractivity contribution < 1.29 is 24.3 Å². The van der Waals surface area contributed by atoms with Gasteiger partial charge in [0.2, 0.25) is 0 Å². The predicted molar refractivity (Wildman–Crippen MR) is 159 cm³/mol. The number of carboxylic acids is 1. The van der Waals surface area contributed by atoms with E-state index in [0.717, 1.165) is 29.7 Å². The summed E-state index contributed by atoms with van der Waals surface area (Å²) in [6.07, 6.45) is 7.34. The molecule has 2 N–H and O–H groups in total. The molecule has 0 radical (unpaired) electrons. The molecule has 1 atom stereocenters. The van der Waals surface area contributed by atoms with E-state index >= 15 is 0 Å². The summed E-state index contributed by atoms with van der Waals surface area (Å²) in [7, 11) is 0. The van der Waals surface area contributed by atoms with Crippen LogP contribution >= 0.6 is 34.8 Å². The molecule has 214 valence electrons. The van der Waals surface area contributed by atoms with E-state index in [1.807, 2.05) is 13.0 Å². The van der Waals surface area contributed by atoms with Crippen LogP contribution in [0.5, 0.6) is 5.75 Å². The highest BCUT2D eigenvalue weighted by Gasteiger charge is 2.52. The Kier molecular flexibility index (Phi) is 7.26. The molecular formula is C32H30Cl3NO5. The molecule has 2 fully saturated rings. The minimum atomic E-state index is -1.09. The highest BCUT2D eigenvalue weighted by Crippen LogP contribution is 2.57. The van der Waals surface area contributed by atoms with Gasteiger partial charge in [-0.3, -0.25) is 0 Å². The summed E-state index contributed by atoms with van der Waals surface area (Å²) in [6, 6.07) is 10.6. The van der Waals surface area contributed by atoms with Gasteiger partial charge in [0, 0.05) is 22.6 Å². The van der Waals surface area contributed by atoms with Crippen LogP contribution in [0.4, 0.5) is 0 Å². The van der Waals surface area contributed by atoms with Gasteiger partial charge in [-0.1, -0.05) is 70.7 Å². The van der Waals surface area contributed by atoms with Crippen LogP contribution in [0.3, 0.4) is 0 Å². The van der Waals surface area contributed by atoms with Crippen molar-refractivity contribution in [1.82, 2.24) is 5.16 Å². The van der Waals surface area contributed by atoms with Crippen molar-refractivity contribution in [2.45, 2.75) is 64.1 Å². The number of halogens is 3. The van der Waals surface area contributed by atoms with Crippen LogP contribution < -0.4 is 4.74 Å². The molecule has 3 aliphatic rings. The van der Waals surface area contributed by atoms with Crippen LogP contribution in [0, 0.1) is 11.3 Å². The normalized spacial score (nSPS) is 25.8. The van der Waals surface area contributed by atoms with Gasteiger partial charge in [-0.05, 0) is 80.7 Å². The van der Waals surface area contributed by atoms with Crippen LogP contribution in [0.2, 0.25) is 15.1 Å². The van der Waals surface area contributed by atoms with Crippen molar-refractivity contribution >= 4 is 40.8 Å². The summed E-state index contributed by atoms with van der Waals surface area (Å²) < 4.78 is 11.9. The minimum Gasteiger partial charge on any atom is -0.489 e. The van der Waals surface area contributed by atoms with Crippen molar-refractivity contribution in [1.29, 1.82) is 0 Å². The fourth-order valence-electron chi connectivity index (χ4n) is 6.36. The van der Waals surface area contributed by atoms with Crippen LogP contribution in [-0.4, -0.2) is 21.3 Å². The number of aliphatic hydroxyl groups is 1. The van der Waals surface area contributed by atoms with E-state index in [2.05, 4.69) is 18.2 Å². The average molecular weight is 615 g/mol. The second-order valence-electron chi connectivity index (χ2n) is 11.9. The number of aromatic nitrogens is 1. The van der Waals surface area contributed by atoms with Crippen molar-refractivity contribution in [2.24, 2.45) is 11.3 Å². The molecule has 6 nitrogen and oxygen atoms in total. The number of carboxylic acid groups (broad SMARTS) is 1. The number of aliphatic carboxylic acids is 1. The summed E-state index contributed by atoms with van der Waals surface area (Å²) in [5, 5.41) is 26.7. The average Bonchev–Trinajstić information content (AvgIpc) is 3.65. The molecule has 0 spiro atoms. The van der Waals surface area contributed by atoms with E-state index in [-0.39, 0.29) is 17.9 Å². The van der Waals surface area contributed by atoms with Gasteiger partial charge in [0.15, 0.2) is 0 Å². The molecule has 9 heteroatoms. The van der Waals surface area contributed by atoms with Gasteiger partial charge in [0.25, 0.3) is 0 Å². The van der Waals surface area contributed by atoms with Crippen LogP contribution in [0.1, 0.15) is 68.8 Å². The maximum Gasteiger partial charge on any atom is 0.331 e. The SMILES string of the molecule is CC1=CC(C)([C@H]2C[C@](O)(c3ccc(OCc4c(-c5c(Cl)cccc5Cl)noc4C4CC4)cc3Cl)C2)CC(C(=O)O)=C1. The third-order valence-corrected chi connectivity index (χ3v) is 9.64. The van der Waals surface area contributed by atoms with E-state index in [4.69, 9.17) is 44.1 Å². The molecule has 0 amide bonds. The van der Waals surface area contributed by atoms with E-state index < -0.39 is 11.6 Å². The first-order chi connectivity index (χ1) is 19.5. The highest BCUT2D eigenvalue weighted by molar-refractivity contribution is 6.39. The number of ether oxygens (including phenoxy) is 1. The number of allylic oxidation sites excluding steroid dienone is 3. The Morgan fingerprint density at radius 3 is 2.46 bits per heavy atom. The maximum atomic E-state index is 11.7. The van der Waals surface area contributed by atoms with Crippen LogP contribution in [-0.2, 0) is 17.0 Å². The first-order valence-corrected chi connectivity index (χ1v) is 14.8. The van der Waals surface area contributed by atoms with Crippen molar-refractivity contribution in [3.63, 3.8) is 0 Å². The first-order valence-electron chi connectivity index (χ1n) is 13.7. The van der Waals surface area contributed by atoms with E-state index in [1.54, 1.807) is 36.4 Å². The molecule has 3 aliphatic carbocycles. The summed E-state index contributed by atoms with van der Waals surface area (Å²) in [5.74, 6) is 0.868. The summed E-state index contributed by atoms with van der Waals surface area (Å²) in [4.78, 5) is 11.7. The Morgan fingerprint density at radius 1 is 1.12 bits per heavy atom. The van der Waals surface area contributed by atoms with Crippen LogP contribution in [0.15, 0.2) is 64.2 Å². The zero-order valence-corrected chi connectivity index (χ0v) is 25.0. The molecule has 0 bridgehead atoms. The molecule has 2 saturated carbocycles. The van der Waals surface area contributed by atoms with E-state index in [1.165, 1.54) is 0 Å². The Labute approximate surface area is 253 Å². The summed E-state index contributed by atoms with van der Waals surface area (Å²) in [6.45, 7) is 4.18. The number of hydrogen-bond acceptors (Lipinski definition) is 5. The van der Waals surface area contributed by atoms with Gasteiger partial charge in [0.1, 0.15) is 23.8 Å². The fraction of sp³-hybridized carbons (Fsp3) is 0.375. The topological polar surface area (TPSA) is 92.8 Å². The van der Waals surface area contributed by atoms with Crippen molar-refractivity contribution in [3.8, 4) is 17.0 Å². The molecule has 0 saturated heterocycles. The second kappa shape index (κ2) is 10.5. The fourth-order valence-corrected chi connectivity index (χ4v) is 7.28. The Morgan fingerprint density at radius 2 is 1.83 bits per heavy atom. The molecule has 1 heterocycles. The summed E-state index contributed by atoms with van der Waals surface area (Å²) in [5.41, 5.74) is 2.55. The quantitative estimate of drug-likeness (QED) is 0.264. The third kappa shape index (κ3) is 5.32. The summed E-state index contributed by atoms with van der Waals surface area (Å²) >= 11 is 19.6. The van der Waals surface area contributed by atoms with Crippen LogP contribution in [0.25, 0.3) is 11.3 Å². The lowest BCUT2D eigenvalue weighted by Gasteiger charge is -2.52. The number of benzene rings is 2. The van der Waals surface area contributed by atoms with Gasteiger partial charge in [-0.2, -0.15) is 0 Å². The van der Waals surface area contributed by atoms with Crippen molar-refractivity contribution in [3.05, 3.63) is 91.7 Å². The molecule has 6 rings (SSSR count). The molecular weight excluding hydrogens is 585 g/mol. The second-order valence-corrected chi connectivity index (χ2v) is 13.1. The maximum absolute atomic E-state index is 11.7. The van der Waals surface area contributed by atoms with E-state index in [0.29, 0.717) is 68.4 Å². The lowest BCUT2D eigenvalue weighted by atomic mass is 9.55.